The molecule has 1 fully saturated rings. The van der Waals surface area contributed by atoms with E-state index < -0.39 is 0 Å². The number of hydrogen-bond donors (Lipinski definition) is 1. The SMILES string of the molecule is Cc1ccnc(N2CCC(C(C)C)C2)c1N. The second-order valence-electron chi connectivity index (χ2n) is 5.10. The Kier molecular flexibility index (Phi) is 3.03. The fourth-order valence-corrected chi connectivity index (χ4v) is 2.33. The summed E-state index contributed by atoms with van der Waals surface area (Å²) < 4.78 is 0. The molecule has 1 aromatic heterocycles. The van der Waals surface area contributed by atoms with Gasteiger partial charge < -0.3 is 10.6 Å². The standard InChI is InChI=1S/C13H21N3/c1-9(2)11-5-7-16(8-11)13-12(14)10(3)4-6-15-13/h4,6,9,11H,5,7-8,14H2,1-3H3. The molecule has 0 aromatic carbocycles. The van der Waals surface area contributed by atoms with Gasteiger partial charge in [-0.3, -0.25) is 0 Å². The summed E-state index contributed by atoms with van der Waals surface area (Å²) in [6, 6.07) is 1.97. The minimum absolute atomic E-state index is 0.746. The maximum absolute atomic E-state index is 6.08. The van der Waals surface area contributed by atoms with Crippen LogP contribution in [0, 0.1) is 18.8 Å². The van der Waals surface area contributed by atoms with Crippen molar-refractivity contribution in [3.63, 3.8) is 0 Å². The summed E-state index contributed by atoms with van der Waals surface area (Å²) >= 11 is 0. The van der Waals surface area contributed by atoms with E-state index in [1.54, 1.807) is 0 Å². The molecule has 88 valence electrons. The van der Waals surface area contributed by atoms with E-state index in [1.807, 2.05) is 19.2 Å². The molecule has 1 atom stereocenters. The van der Waals surface area contributed by atoms with Gasteiger partial charge in [0.25, 0.3) is 0 Å². The Morgan fingerprint density at radius 3 is 2.88 bits per heavy atom. The normalized spacial score (nSPS) is 20.8. The second-order valence-corrected chi connectivity index (χ2v) is 5.10. The number of nitrogens with two attached hydrogens (primary N) is 1. The lowest BCUT2D eigenvalue weighted by Gasteiger charge is -2.21. The third kappa shape index (κ3) is 1.99. The van der Waals surface area contributed by atoms with Crippen LogP contribution in [0.4, 0.5) is 11.5 Å². The van der Waals surface area contributed by atoms with E-state index in [1.165, 1.54) is 6.42 Å². The molecule has 1 unspecified atom stereocenters. The van der Waals surface area contributed by atoms with Crippen molar-refractivity contribution in [2.45, 2.75) is 27.2 Å². The van der Waals surface area contributed by atoms with Gasteiger partial charge in [-0.15, -0.1) is 0 Å². The fourth-order valence-electron chi connectivity index (χ4n) is 2.33. The van der Waals surface area contributed by atoms with Crippen molar-refractivity contribution in [2.75, 3.05) is 23.7 Å². The van der Waals surface area contributed by atoms with Crippen LogP contribution < -0.4 is 10.6 Å². The van der Waals surface area contributed by atoms with Crippen LogP contribution in [0.15, 0.2) is 12.3 Å². The molecule has 0 amide bonds. The number of anilines is 2. The van der Waals surface area contributed by atoms with Gasteiger partial charge in [0.2, 0.25) is 0 Å². The monoisotopic (exact) mass is 219 g/mol. The van der Waals surface area contributed by atoms with Gasteiger partial charge >= 0.3 is 0 Å². The van der Waals surface area contributed by atoms with Crippen LogP contribution in [0.1, 0.15) is 25.8 Å². The zero-order valence-electron chi connectivity index (χ0n) is 10.4. The fraction of sp³-hybridized carbons (Fsp3) is 0.615. The number of rotatable bonds is 2. The molecule has 2 N–H and O–H groups in total. The van der Waals surface area contributed by atoms with Crippen molar-refractivity contribution in [1.29, 1.82) is 0 Å². The minimum Gasteiger partial charge on any atom is -0.396 e. The Bertz CT molecular complexity index is 373. The molecule has 1 aliphatic rings. The predicted octanol–water partition coefficient (Wildman–Crippen LogP) is 2.45. The first-order valence-corrected chi connectivity index (χ1v) is 6.05. The molecule has 2 rings (SSSR count). The van der Waals surface area contributed by atoms with E-state index >= 15 is 0 Å². The van der Waals surface area contributed by atoms with Gasteiger partial charge in [-0.05, 0) is 36.8 Å². The Morgan fingerprint density at radius 1 is 1.50 bits per heavy atom. The number of pyridine rings is 1. The summed E-state index contributed by atoms with van der Waals surface area (Å²) in [4.78, 5) is 6.74. The molecule has 0 spiro atoms. The molecule has 3 heteroatoms. The van der Waals surface area contributed by atoms with Crippen molar-refractivity contribution in [3.05, 3.63) is 17.8 Å². The molecule has 1 aromatic rings. The van der Waals surface area contributed by atoms with Gasteiger partial charge in [-0.25, -0.2) is 4.98 Å². The van der Waals surface area contributed by atoms with Gasteiger partial charge in [0.1, 0.15) is 0 Å². The maximum Gasteiger partial charge on any atom is 0.152 e. The number of aromatic nitrogens is 1. The number of hydrogen-bond acceptors (Lipinski definition) is 3. The summed E-state index contributed by atoms with van der Waals surface area (Å²) in [7, 11) is 0. The van der Waals surface area contributed by atoms with Crippen molar-refractivity contribution >= 4 is 11.5 Å². The molecule has 1 saturated heterocycles. The average Bonchev–Trinajstić information content (AvgIpc) is 2.71. The number of aryl methyl sites for hydroxylation is 1. The van der Waals surface area contributed by atoms with Crippen molar-refractivity contribution < 1.29 is 0 Å². The summed E-state index contributed by atoms with van der Waals surface area (Å²) in [5.41, 5.74) is 8.04. The number of nitrogens with zero attached hydrogens (tertiary/aromatic N) is 2. The Morgan fingerprint density at radius 2 is 2.25 bits per heavy atom. The molecular formula is C13H21N3. The molecule has 0 bridgehead atoms. The van der Waals surface area contributed by atoms with E-state index in [0.29, 0.717) is 0 Å². The van der Waals surface area contributed by atoms with E-state index in [-0.39, 0.29) is 0 Å². The van der Waals surface area contributed by atoms with Crippen LogP contribution in [-0.4, -0.2) is 18.1 Å². The van der Waals surface area contributed by atoms with Gasteiger partial charge in [-0.1, -0.05) is 13.8 Å². The van der Waals surface area contributed by atoms with Gasteiger partial charge in [-0.2, -0.15) is 0 Å². The molecule has 3 nitrogen and oxygen atoms in total. The predicted molar refractivity (Wildman–Crippen MR) is 68.5 cm³/mol. The molecule has 1 aliphatic heterocycles. The highest BCUT2D eigenvalue weighted by Gasteiger charge is 2.26. The lowest BCUT2D eigenvalue weighted by molar-refractivity contribution is 0.422. The molecule has 2 heterocycles. The topological polar surface area (TPSA) is 42.2 Å². The van der Waals surface area contributed by atoms with Crippen molar-refractivity contribution in [3.8, 4) is 0 Å². The van der Waals surface area contributed by atoms with Gasteiger partial charge in [0.05, 0.1) is 5.69 Å². The minimum atomic E-state index is 0.746. The van der Waals surface area contributed by atoms with E-state index in [0.717, 1.165) is 42.0 Å². The largest absolute Gasteiger partial charge is 0.396 e. The Balaban J connectivity index is 2.17. The first-order chi connectivity index (χ1) is 7.59. The summed E-state index contributed by atoms with van der Waals surface area (Å²) in [5, 5.41) is 0. The first-order valence-electron chi connectivity index (χ1n) is 6.05. The zero-order valence-corrected chi connectivity index (χ0v) is 10.4. The maximum atomic E-state index is 6.08. The highest BCUT2D eigenvalue weighted by atomic mass is 15.2. The third-order valence-electron chi connectivity index (χ3n) is 3.65. The third-order valence-corrected chi connectivity index (χ3v) is 3.65. The van der Waals surface area contributed by atoms with Crippen LogP contribution in [0.25, 0.3) is 0 Å². The van der Waals surface area contributed by atoms with Crippen LogP contribution in [0.2, 0.25) is 0 Å². The van der Waals surface area contributed by atoms with Crippen LogP contribution >= 0.6 is 0 Å². The van der Waals surface area contributed by atoms with Crippen LogP contribution in [-0.2, 0) is 0 Å². The second kappa shape index (κ2) is 4.32. The summed E-state index contributed by atoms with van der Waals surface area (Å²) in [5.74, 6) is 2.50. The molecular weight excluding hydrogens is 198 g/mol. The van der Waals surface area contributed by atoms with Crippen molar-refractivity contribution in [2.24, 2.45) is 11.8 Å². The van der Waals surface area contributed by atoms with Crippen LogP contribution in [0.3, 0.4) is 0 Å². The molecule has 0 radical (unpaired) electrons. The Hall–Kier alpha value is -1.25. The summed E-state index contributed by atoms with van der Waals surface area (Å²) in [6.07, 6.45) is 3.11. The smallest absolute Gasteiger partial charge is 0.152 e. The Labute approximate surface area is 97.7 Å². The summed E-state index contributed by atoms with van der Waals surface area (Å²) in [6.45, 7) is 8.81. The molecule has 0 aliphatic carbocycles. The number of nitrogen functional groups attached to an aromatic ring is 1. The zero-order chi connectivity index (χ0) is 11.7. The van der Waals surface area contributed by atoms with E-state index in [2.05, 4.69) is 23.7 Å². The average molecular weight is 219 g/mol. The lowest BCUT2D eigenvalue weighted by atomic mass is 9.95. The highest BCUT2D eigenvalue weighted by molar-refractivity contribution is 5.66. The lowest BCUT2D eigenvalue weighted by Crippen LogP contribution is -2.23. The quantitative estimate of drug-likeness (QED) is 0.830. The van der Waals surface area contributed by atoms with Gasteiger partial charge in [0, 0.05) is 19.3 Å². The van der Waals surface area contributed by atoms with E-state index in [4.69, 9.17) is 5.73 Å². The first kappa shape index (κ1) is 11.2. The highest BCUT2D eigenvalue weighted by Crippen LogP contribution is 2.31. The van der Waals surface area contributed by atoms with Crippen molar-refractivity contribution in [1.82, 2.24) is 4.98 Å². The van der Waals surface area contributed by atoms with Crippen LogP contribution in [0.5, 0.6) is 0 Å². The molecule has 16 heavy (non-hydrogen) atoms. The molecule has 0 saturated carbocycles. The van der Waals surface area contributed by atoms with E-state index in [9.17, 15) is 0 Å². The van der Waals surface area contributed by atoms with Gasteiger partial charge in [0.15, 0.2) is 5.82 Å².